The van der Waals surface area contributed by atoms with Crippen LogP contribution in [0, 0.1) is 11.8 Å². The Morgan fingerprint density at radius 1 is 1.71 bits per heavy atom. The van der Waals surface area contributed by atoms with Crippen molar-refractivity contribution in [1.29, 1.82) is 0 Å². The smallest absolute Gasteiger partial charge is 0.306 e. The van der Waals surface area contributed by atoms with Crippen LogP contribution < -0.4 is 0 Å². The molecular formula is C10H14O4. The van der Waals surface area contributed by atoms with Crippen LogP contribution in [0.25, 0.3) is 0 Å². The van der Waals surface area contributed by atoms with Crippen LogP contribution in [0.1, 0.15) is 6.42 Å². The van der Waals surface area contributed by atoms with E-state index >= 15 is 0 Å². The van der Waals surface area contributed by atoms with E-state index in [4.69, 9.17) is 14.6 Å². The molecule has 0 radical (unpaired) electrons. The molecule has 3 unspecified atom stereocenters. The molecule has 14 heavy (non-hydrogen) atoms. The van der Waals surface area contributed by atoms with Crippen LogP contribution in [-0.4, -0.2) is 37.5 Å². The van der Waals surface area contributed by atoms with Crippen LogP contribution >= 0.6 is 0 Å². The van der Waals surface area contributed by atoms with E-state index in [2.05, 4.69) is 0 Å². The molecule has 1 fully saturated rings. The molecule has 1 aliphatic carbocycles. The van der Waals surface area contributed by atoms with Crippen molar-refractivity contribution >= 4 is 5.97 Å². The van der Waals surface area contributed by atoms with Crippen molar-refractivity contribution in [3.63, 3.8) is 0 Å². The number of carbonyl (C=O) groups excluding carboxylic acids is 1. The number of esters is 1. The predicted octanol–water partition coefficient (Wildman–Crippen LogP) is 0.113. The molecule has 0 spiro atoms. The van der Waals surface area contributed by atoms with E-state index in [1.165, 1.54) is 0 Å². The second-order valence-corrected chi connectivity index (χ2v) is 3.76. The van der Waals surface area contributed by atoms with E-state index < -0.39 is 0 Å². The highest BCUT2D eigenvalue weighted by Gasteiger charge is 2.42. The standard InChI is InChI=1S/C10H14O4/c1-13-9-2-6(4-11)8-5-14-10(12)3-7(8)9/h2,7-9,11H,3-5H2,1H3. The van der Waals surface area contributed by atoms with Gasteiger partial charge in [-0.15, -0.1) is 0 Å². The molecule has 0 bridgehead atoms. The summed E-state index contributed by atoms with van der Waals surface area (Å²) in [6.07, 6.45) is 2.26. The van der Waals surface area contributed by atoms with Gasteiger partial charge in [0.15, 0.2) is 0 Å². The fourth-order valence-electron chi connectivity index (χ4n) is 2.30. The minimum atomic E-state index is -0.166. The lowest BCUT2D eigenvalue weighted by atomic mass is 9.86. The van der Waals surface area contributed by atoms with Gasteiger partial charge in [-0.3, -0.25) is 4.79 Å². The first kappa shape index (κ1) is 9.68. The highest BCUT2D eigenvalue weighted by molar-refractivity contribution is 5.71. The maximum atomic E-state index is 11.1. The Morgan fingerprint density at radius 3 is 3.14 bits per heavy atom. The van der Waals surface area contributed by atoms with Gasteiger partial charge >= 0.3 is 5.97 Å². The maximum Gasteiger partial charge on any atom is 0.306 e. The van der Waals surface area contributed by atoms with Gasteiger partial charge in [-0.05, 0) is 5.57 Å². The van der Waals surface area contributed by atoms with Crippen molar-refractivity contribution in [3.05, 3.63) is 11.6 Å². The lowest BCUT2D eigenvalue weighted by Gasteiger charge is -2.29. The molecule has 0 saturated carbocycles. The van der Waals surface area contributed by atoms with Crippen LogP contribution in [0.5, 0.6) is 0 Å². The van der Waals surface area contributed by atoms with E-state index in [0.717, 1.165) is 5.57 Å². The van der Waals surface area contributed by atoms with Gasteiger partial charge in [-0.1, -0.05) is 6.08 Å². The largest absolute Gasteiger partial charge is 0.465 e. The third-order valence-corrected chi connectivity index (χ3v) is 3.07. The van der Waals surface area contributed by atoms with Gasteiger partial charge in [-0.25, -0.2) is 0 Å². The molecule has 78 valence electrons. The predicted molar refractivity (Wildman–Crippen MR) is 48.5 cm³/mol. The summed E-state index contributed by atoms with van der Waals surface area (Å²) >= 11 is 0. The van der Waals surface area contributed by atoms with Crippen LogP contribution in [0.3, 0.4) is 0 Å². The number of rotatable bonds is 2. The summed E-state index contributed by atoms with van der Waals surface area (Å²) in [5.41, 5.74) is 0.939. The highest BCUT2D eigenvalue weighted by Crippen LogP contribution is 2.38. The monoisotopic (exact) mass is 198 g/mol. The third-order valence-electron chi connectivity index (χ3n) is 3.07. The summed E-state index contributed by atoms with van der Waals surface area (Å²) in [4.78, 5) is 11.1. The van der Waals surface area contributed by atoms with Crippen LogP contribution in [0.15, 0.2) is 11.6 Å². The summed E-state index contributed by atoms with van der Waals surface area (Å²) in [5, 5.41) is 9.12. The fourth-order valence-corrected chi connectivity index (χ4v) is 2.30. The topological polar surface area (TPSA) is 55.8 Å². The number of aliphatic hydroxyl groups excluding tert-OH is 1. The average molecular weight is 198 g/mol. The first-order chi connectivity index (χ1) is 6.76. The van der Waals surface area contributed by atoms with Crippen LogP contribution in [0.2, 0.25) is 0 Å². The molecule has 2 rings (SSSR count). The Bertz CT molecular complexity index is 271. The molecule has 0 aromatic carbocycles. The van der Waals surface area contributed by atoms with E-state index in [9.17, 15) is 4.79 Å². The van der Waals surface area contributed by atoms with E-state index in [1.807, 2.05) is 6.08 Å². The van der Waals surface area contributed by atoms with Gasteiger partial charge in [0.25, 0.3) is 0 Å². The molecule has 1 saturated heterocycles. The number of ether oxygens (including phenoxy) is 2. The normalized spacial score (nSPS) is 36.3. The first-order valence-corrected chi connectivity index (χ1v) is 4.76. The number of fused-ring (bicyclic) bond motifs is 1. The zero-order valence-electron chi connectivity index (χ0n) is 8.10. The SMILES string of the molecule is COC1C=C(CO)C2COC(=O)CC12. The second-order valence-electron chi connectivity index (χ2n) is 3.76. The summed E-state index contributed by atoms with van der Waals surface area (Å²) in [6, 6.07) is 0. The molecule has 1 heterocycles. The molecule has 3 atom stereocenters. The zero-order valence-corrected chi connectivity index (χ0v) is 8.10. The minimum absolute atomic E-state index is 0.0264. The minimum Gasteiger partial charge on any atom is -0.465 e. The van der Waals surface area contributed by atoms with Crippen molar-refractivity contribution in [2.75, 3.05) is 20.3 Å². The maximum absolute atomic E-state index is 11.1. The van der Waals surface area contributed by atoms with Gasteiger partial charge in [0.05, 0.1) is 25.7 Å². The van der Waals surface area contributed by atoms with Crippen molar-refractivity contribution in [3.8, 4) is 0 Å². The van der Waals surface area contributed by atoms with E-state index in [0.29, 0.717) is 13.0 Å². The number of hydrogen-bond acceptors (Lipinski definition) is 4. The lowest BCUT2D eigenvalue weighted by Crippen LogP contribution is -2.34. The van der Waals surface area contributed by atoms with Gasteiger partial charge in [0.2, 0.25) is 0 Å². The number of methoxy groups -OCH3 is 1. The molecule has 2 aliphatic rings. The molecule has 1 aliphatic heterocycles. The zero-order chi connectivity index (χ0) is 10.1. The Balaban J connectivity index is 2.16. The molecule has 1 N–H and O–H groups in total. The van der Waals surface area contributed by atoms with Crippen molar-refractivity contribution in [2.24, 2.45) is 11.8 Å². The number of aliphatic hydroxyl groups is 1. The first-order valence-electron chi connectivity index (χ1n) is 4.76. The van der Waals surface area contributed by atoms with Gasteiger partial charge in [0.1, 0.15) is 0 Å². The van der Waals surface area contributed by atoms with Crippen molar-refractivity contribution in [2.45, 2.75) is 12.5 Å². The quantitative estimate of drug-likeness (QED) is 0.505. The molecule has 4 heteroatoms. The summed E-state index contributed by atoms with van der Waals surface area (Å²) in [6.45, 7) is 0.411. The van der Waals surface area contributed by atoms with Gasteiger partial charge in [0, 0.05) is 18.9 Å². The Labute approximate surface area is 82.5 Å². The Hall–Kier alpha value is -0.870. The van der Waals surface area contributed by atoms with Crippen LogP contribution in [0.4, 0.5) is 0 Å². The van der Waals surface area contributed by atoms with Crippen molar-refractivity contribution < 1.29 is 19.4 Å². The third kappa shape index (κ3) is 1.44. The second kappa shape index (κ2) is 3.71. The molecule has 4 nitrogen and oxygen atoms in total. The summed E-state index contributed by atoms with van der Waals surface area (Å²) in [7, 11) is 1.62. The Morgan fingerprint density at radius 2 is 2.50 bits per heavy atom. The average Bonchev–Trinajstić information content (AvgIpc) is 2.55. The fraction of sp³-hybridized carbons (Fsp3) is 0.700. The molecule has 0 amide bonds. The molecular weight excluding hydrogens is 184 g/mol. The molecule has 0 aromatic heterocycles. The van der Waals surface area contributed by atoms with Gasteiger partial charge < -0.3 is 14.6 Å². The number of carbonyl (C=O) groups is 1. The summed E-state index contributed by atoms with van der Waals surface area (Å²) < 4.78 is 10.2. The summed E-state index contributed by atoms with van der Waals surface area (Å²) in [5.74, 6) is 0.145. The number of hydrogen-bond donors (Lipinski definition) is 1. The van der Waals surface area contributed by atoms with Crippen LogP contribution in [-0.2, 0) is 14.3 Å². The molecule has 0 aromatic rings. The van der Waals surface area contributed by atoms with E-state index in [-0.39, 0.29) is 30.5 Å². The Kier molecular flexibility index (Phi) is 2.56. The highest BCUT2D eigenvalue weighted by atomic mass is 16.5. The lowest BCUT2D eigenvalue weighted by molar-refractivity contribution is -0.153. The van der Waals surface area contributed by atoms with Crippen molar-refractivity contribution in [1.82, 2.24) is 0 Å². The number of cyclic esters (lactones) is 1. The van der Waals surface area contributed by atoms with Gasteiger partial charge in [-0.2, -0.15) is 0 Å². The van der Waals surface area contributed by atoms with E-state index in [1.54, 1.807) is 7.11 Å².